The number of hydrogen-bond donors (Lipinski definition) is 0. The fourth-order valence-corrected chi connectivity index (χ4v) is 10.3. The van der Waals surface area contributed by atoms with E-state index in [4.69, 9.17) is 15.0 Å². The number of nitrogens with zero attached hydrogens (tertiary/aromatic N) is 9. The second-order valence-electron chi connectivity index (χ2n) is 17.9. The lowest BCUT2D eigenvalue weighted by atomic mass is 9.97. The first-order chi connectivity index (χ1) is 36.6. The first-order valence-corrected chi connectivity index (χ1v) is 24.3. The van der Waals surface area contributed by atoms with Gasteiger partial charge in [0, 0.05) is 28.1 Å². The van der Waals surface area contributed by atoms with Gasteiger partial charge in [-0.1, -0.05) is 133 Å². The van der Waals surface area contributed by atoms with Crippen LogP contribution in [-0.4, -0.2) is 15.0 Å². The molecule has 0 saturated heterocycles. The van der Waals surface area contributed by atoms with Crippen molar-refractivity contribution in [3.8, 4) is 57.4 Å². The molecule has 0 radical (unpaired) electrons. The Morgan fingerprint density at radius 1 is 0.257 bits per heavy atom. The summed E-state index contributed by atoms with van der Waals surface area (Å²) in [5.74, 6) is 1.37. The van der Waals surface area contributed by atoms with Gasteiger partial charge in [0.15, 0.2) is 17.5 Å². The highest BCUT2D eigenvalue weighted by Gasteiger charge is 2.34. The Kier molecular flexibility index (Phi) is 10.7. The van der Waals surface area contributed by atoms with E-state index in [2.05, 4.69) is 183 Å². The topological polar surface area (TPSA) is 99.2 Å². The van der Waals surface area contributed by atoms with Gasteiger partial charge in [0.2, 0.25) is 0 Å². The second kappa shape index (κ2) is 18.3. The van der Waals surface area contributed by atoms with Gasteiger partial charge in [-0.15, -0.1) is 0 Å². The van der Waals surface area contributed by atoms with Gasteiger partial charge in [-0.2, -0.15) is 10.5 Å². The molecular weight excluding hydrogens is 907 g/mol. The van der Waals surface area contributed by atoms with Crippen LogP contribution in [-0.2, 0) is 0 Å². The largest absolute Gasteiger partial charge is 0.306 e. The maximum atomic E-state index is 10.6. The van der Waals surface area contributed by atoms with Gasteiger partial charge >= 0.3 is 0 Å². The maximum absolute atomic E-state index is 10.6. The van der Waals surface area contributed by atoms with Gasteiger partial charge in [0.25, 0.3) is 0 Å². The van der Waals surface area contributed by atoms with E-state index in [0.29, 0.717) is 34.2 Å². The summed E-state index contributed by atoms with van der Waals surface area (Å²) in [4.78, 5) is 25.3. The Morgan fingerprint density at radius 3 is 1.07 bits per heavy atom. The predicted molar refractivity (Wildman–Crippen MR) is 297 cm³/mol. The molecule has 0 N–H and O–H groups in total. The molecule has 0 atom stereocenters. The number of rotatable bonds is 8. The number of anilines is 12. The minimum absolute atomic E-state index is 0.431. The van der Waals surface area contributed by atoms with Crippen LogP contribution in [0.1, 0.15) is 11.1 Å². The molecule has 2 aliphatic rings. The number of fused-ring (bicyclic) bond motifs is 4. The van der Waals surface area contributed by atoms with Crippen molar-refractivity contribution in [3.05, 3.63) is 260 Å². The third-order valence-electron chi connectivity index (χ3n) is 13.6. The summed E-state index contributed by atoms with van der Waals surface area (Å²) in [6.45, 7) is 0. The third-order valence-corrected chi connectivity index (χ3v) is 13.6. The molecule has 1 aromatic heterocycles. The Labute approximate surface area is 428 Å². The lowest BCUT2D eigenvalue weighted by molar-refractivity contribution is 1.07. The number of hydrogen-bond acceptors (Lipinski definition) is 9. The summed E-state index contributed by atoms with van der Waals surface area (Å²) in [6, 6.07) is 88.9. The van der Waals surface area contributed by atoms with E-state index in [0.717, 1.165) is 90.5 Å². The van der Waals surface area contributed by atoms with Gasteiger partial charge in [0.1, 0.15) is 0 Å². The standard InChI is InChI=1S/C65H41N9/c66-42-44-19-18-22-47(39-44)48-36-38-52(62(41-48)74-59-33-16-12-29-55(59)72(50-25-8-3-9-26-50)56-30-13-17-34-60(56)74)65-69-63(46-20-4-1-5-21-46)68-64(70-65)51-37-35-45(43-67)40-61(51)73-57-31-14-10-27-53(57)71(49-23-6-2-7-24-49)54-28-11-15-32-58(54)73/h1-41H. The minimum atomic E-state index is 0.431. The first-order valence-electron chi connectivity index (χ1n) is 24.3. The monoisotopic (exact) mass is 947 g/mol. The molecule has 0 saturated carbocycles. The van der Waals surface area contributed by atoms with Crippen LogP contribution < -0.4 is 19.6 Å². The van der Waals surface area contributed by atoms with Crippen molar-refractivity contribution in [1.82, 2.24) is 15.0 Å². The van der Waals surface area contributed by atoms with E-state index in [-0.39, 0.29) is 0 Å². The zero-order valence-corrected chi connectivity index (χ0v) is 39.7. The molecule has 3 heterocycles. The molecule has 0 amide bonds. The molecule has 2 aliphatic heterocycles. The summed E-state index contributed by atoms with van der Waals surface area (Å²) in [5, 5.41) is 20.6. The highest BCUT2D eigenvalue weighted by atomic mass is 15.3. The quantitative estimate of drug-likeness (QED) is 0.147. The number of nitriles is 2. The molecule has 74 heavy (non-hydrogen) atoms. The molecule has 0 fully saturated rings. The van der Waals surface area contributed by atoms with Crippen LogP contribution in [0, 0.1) is 22.7 Å². The zero-order valence-electron chi connectivity index (χ0n) is 39.7. The lowest BCUT2D eigenvalue weighted by Crippen LogP contribution is -2.24. The van der Waals surface area contributed by atoms with Crippen LogP contribution in [0.3, 0.4) is 0 Å². The summed E-state index contributed by atoms with van der Waals surface area (Å²) in [6.07, 6.45) is 0. The Bertz CT molecular complexity index is 3940. The Morgan fingerprint density at radius 2 is 0.608 bits per heavy atom. The van der Waals surface area contributed by atoms with Crippen molar-refractivity contribution in [1.29, 1.82) is 10.5 Å². The van der Waals surface area contributed by atoms with E-state index < -0.39 is 0 Å². The van der Waals surface area contributed by atoms with Gasteiger partial charge in [-0.05, 0) is 126 Å². The molecule has 0 unspecified atom stereocenters. The Hall–Kier alpha value is -10.6. The van der Waals surface area contributed by atoms with Crippen LogP contribution in [0.15, 0.2) is 249 Å². The molecule has 9 heteroatoms. The van der Waals surface area contributed by atoms with Crippen molar-refractivity contribution >= 4 is 68.2 Å². The molecule has 0 aliphatic carbocycles. The van der Waals surface area contributed by atoms with E-state index >= 15 is 0 Å². The van der Waals surface area contributed by atoms with E-state index in [9.17, 15) is 10.5 Å². The molecular formula is C65H41N9. The number of benzene rings is 10. The first kappa shape index (κ1) is 43.4. The van der Waals surface area contributed by atoms with E-state index in [1.54, 1.807) is 0 Å². The molecule has 0 bridgehead atoms. The van der Waals surface area contributed by atoms with Crippen molar-refractivity contribution in [3.63, 3.8) is 0 Å². The van der Waals surface area contributed by atoms with Crippen LogP contribution in [0.2, 0.25) is 0 Å². The van der Waals surface area contributed by atoms with E-state index in [1.807, 2.05) is 97.1 Å². The van der Waals surface area contributed by atoms with Crippen molar-refractivity contribution < 1.29 is 0 Å². The number of para-hydroxylation sites is 10. The summed E-state index contributed by atoms with van der Waals surface area (Å²) < 4.78 is 0. The van der Waals surface area contributed by atoms with Crippen LogP contribution in [0.5, 0.6) is 0 Å². The molecule has 0 spiro atoms. The third kappa shape index (κ3) is 7.45. The fourth-order valence-electron chi connectivity index (χ4n) is 10.3. The second-order valence-corrected chi connectivity index (χ2v) is 17.9. The van der Waals surface area contributed by atoms with Gasteiger partial charge in [0.05, 0.1) is 80.1 Å². The summed E-state index contributed by atoms with van der Waals surface area (Å²) in [7, 11) is 0. The smallest absolute Gasteiger partial charge is 0.166 e. The maximum Gasteiger partial charge on any atom is 0.166 e. The molecule has 10 aromatic carbocycles. The normalized spacial score (nSPS) is 12.2. The highest BCUT2D eigenvalue weighted by Crippen LogP contribution is 2.57. The van der Waals surface area contributed by atoms with Gasteiger partial charge in [-0.3, -0.25) is 0 Å². The lowest BCUT2D eigenvalue weighted by Gasteiger charge is -2.41. The average Bonchev–Trinajstić information content (AvgIpc) is 3.48. The van der Waals surface area contributed by atoms with Crippen LogP contribution in [0.25, 0.3) is 45.3 Å². The molecule has 9 nitrogen and oxygen atoms in total. The fraction of sp³-hybridized carbons (Fsp3) is 0. The minimum Gasteiger partial charge on any atom is -0.306 e. The number of aromatic nitrogens is 3. The SMILES string of the molecule is N#Cc1cccc(-c2ccc(-c3nc(-c4ccccc4)nc(-c4ccc(C#N)cc4N4c5ccccc5N(c5ccccc5)c5ccccc54)n3)c(N3c4ccccc4N(c4ccccc4)c4ccccc43)c2)c1. The van der Waals surface area contributed by atoms with Gasteiger partial charge < -0.3 is 19.6 Å². The highest BCUT2D eigenvalue weighted by molar-refractivity contribution is 6.06. The van der Waals surface area contributed by atoms with Crippen LogP contribution in [0.4, 0.5) is 68.2 Å². The average molecular weight is 948 g/mol. The zero-order chi connectivity index (χ0) is 49.5. The van der Waals surface area contributed by atoms with Gasteiger partial charge in [-0.25, -0.2) is 15.0 Å². The molecule has 13 rings (SSSR count). The predicted octanol–water partition coefficient (Wildman–Crippen LogP) is 16.8. The molecule has 346 valence electrons. The van der Waals surface area contributed by atoms with Crippen LogP contribution >= 0.6 is 0 Å². The van der Waals surface area contributed by atoms with Crippen molar-refractivity contribution in [2.45, 2.75) is 0 Å². The summed E-state index contributed by atoms with van der Waals surface area (Å²) in [5.41, 5.74) is 16.5. The van der Waals surface area contributed by atoms with Crippen molar-refractivity contribution in [2.24, 2.45) is 0 Å². The molecule has 11 aromatic rings. The Balaban J connectivity index is 1.06. The summed E-state index contributed by atoms with van der Waals surface area (Å²) >= 11 is 0. The van der Waals surface area contributed by atoms with Crippen molar-refractivity contribution in [2.75, 3.05) is 19.6 Å². The van der Waals surface area contributed by atoms with E-state index in [1.165, 1.54) is 0 Å².